The van der Waals surface area contributed by atoms with Gasteiger partial charge in [-0.05, 0) is 25.5 Å². The number of carbonyl (C=O) groups excluding carboxylic acids is 2. The molecular weight excluding hydrogens is 390 g/mol. The maximum Gasteiger partial charge on any atom is 0.242 e. The molecule has 1 saturated heterocycles. The van der Waals surface area contributed by atoms with Crippen molar-refractivity contribution in [2.45, 2.75) is 40.2 Å². The predicted molar refractivity (Wildman–Crippen MR) is 123 cm³/mol. The Morgan fingerprint density at radius 3 is 2.19 bits per heavy atom. The van der Waals surface area contributed by atoms with E-state index in [1.54, 1.807) is 4.90 Å². The van der Waals surface area contributed by atoms with Crippen molar-refractivity contribution >= 4 is 17.6 Å². The molecule has 0 aliphatic carbocycles. The highest BCUT2D eigenvalue weighted by molar-refractivity contribution is 5.86. The number of amides is 2. The number of aromatic nitrogens is 2. The fourth-order valence-corrected chi connectivity index (χ4v) is 3.69. The SMILES string of the molecule is CCC(C)N(CC(=O)N1CCN(c2ccc(-c3ccccc3)nn2)CC1)C(=O)C(C)C. The first-order valence-electron chi connectivity index (χ1n) is 11.1. The van der Waals surface area contributed by atoms with E-state index in [0.717, 1.165) is 23.5 Å². The summed E-state index contributed by atoms with van der Waals surface area (Å²) in [6.45, 7) is 10.6. The largest absolute Gasteiger partial charge is 0.352 e. The van der Waals surface area contributed by atoms with Crippen LogP contribution in [0.2, 0.25) is 0 Å². The smallest absolute Gasteiger partial charge is 0.242 e. The zero-order valence-electron chi connectivity index (χ0n) is 19.0. The molecule has 0 bridgehead atoms. The first kappa shape index (κ1) is 22.7. The molecule has 1 aromatic heterocycles. The zero-order chi connectivity index (χ0) is 22.4. The van der Waals surface area contributed by atoms with Gasteiger partial charge in [-0.15, -0.1) is 10.2 Å². The van der Waals surface area contributed by atoms with Crippen molar-refractivity contribution in [2.75, 3.05) is 37.6 Å². The summed E-state index contributed by atoms with van der Waals surface area (Å²) in [5, 5.41) is 8.76. The van der Waals surface area contributed by atoms with E-state index in [9.17, 15) is 9.59 Å². The lowest BCUT2D eigenvalue weighted by Gasteiger charge is -2.37. The lowest BCUT2D eigenvalue weighted by molar-refractivity contribution is -0.144. The van der Waals surface area contributed by atoms with Crippen molar-refractivity contribution < 1.29 is 9.59 Å². The third-order valence-corrected chi connectivity index (χ3v) is 5.88. The number of hydrogen-bond acceptors (Lipinski definition) is 5. The Morgan fingerprint density at radius 1 is 0.968 bits per heavy atom. The van der Waals surface area contributed by atoms with Gasteiger partial charge in [-0.25, -0.2) is 0 Å². The Labute approximate surface area is 185 Å². The first-order valence-corrected chi connectivity index (χ1v) is 11.1. The zero-order valence-corrected chi connectivity index (χ0v) is 19.0. The lowest BCUT2D eigenvalue weighted by atomic mass is 10.1. The maximum atomic E-state index is 12.9. The molecule has 2 amide bonds. The Morgan fingerprint density at radius 2 is 1.65 bits per heavy atom. The van der Waals surface area contributed by atoms with Crippen molar-refractivity contribution in [1.29, 1.82) is 0 Å². The second-order valence-corrected chi connectivity index (χ2v) is 8.39. The van der Waals surface area contributed by atoms with Crippen LogP contribution in [-0.2, 0) is 9.59 Å². The molecule has 0 saturated carbocycles. The average molecular weight is 424 g/mol. The molecule has 1 fully saturated rings. The monoisotopic (exact) mass is 423 g/mol. The number of carbonyl (C=O) groups is 2. The Bertz CT molecular complexity index is 861. The average Bonchev–Trinajstić information content (AvgIpc) is 2.82. The molecule has 0 radical (unpaired) electrons. The standard InChI is InChI=1S/C24H33N5O2/c1-5-19(4)29(24(31)18(2)3)17-23(30)28-15-13-27(14-16-28)22-12-11-21(25-26-22)20-9-7-6-8-10-20/h6-12,18-19H,5,13-17H2,1-4H3. The Balaban J connectivity index is 1.57. The molecule has 3 rings (SSSR count). The first-order chi connectivity index (χ1) is 14.9. The van der Waals surface area contributed by atoms with Crippen LogP contribution in [0, 0.1) is 5.92 Å². The van der Waals surface area contributed by atoms with Crippen LogP contribution in [0.1, 0.15) is 34.1 Å². The molecule has 166 valence electrons. The van der Waals surface area contributed by atoms with E-state index in [-0.39, 0.29) is 30.3 Å². The van der Waals surface area contributed by atoms with Gasteiger partial charge in [0, 0.05) is 43.7 Å². The molecule has 31 heavy (non-hydrogen) atoms. The van der Waals surface area contributed by atoms with Crippen molar-refractivity contribution in [3.63, 3.8) is 0 Å². The molecule has 7 heteroatoms. The van der Waals surface area contributed by atoms with Gasteiger partial charge in [-0.3, -0.25) is 9.59 Å². The maximum absolute atomic E-state index is 12.9. The number of anilines is 1. The van der Waals surface area contributed by atoms with Gasteiger partial charge in [0.05, 0.1) is 12.2 Å². The number of rotatable bonds is 7. The van der Waals surface area contributed by atoms with Crippen LogP contribution in [0.15, 0.2) is 42.5 Å². The molecule has 2 aromatic rings. The molecular formula is C24H33N5O2. The topological polar surface area (TPSA) is 69.6 Å². The molecule has 0 spiro atoms. The van der Waals surface area contributed by atoms with E-state index in [0.29, 0.717) is 26.2 Å². The summed E-state index contributed by atoms with van der Waals surface area (Å²) in [6, 6.07) is 14.0. The summed E-state index contributed by atoms with van der Waals surface area (Å²) in [5.74, 6) is 0.758. The van der Waals surface area contributed by atoms with Gasteiger partial charge < -0.3 is 14.7 Å². The van der Waals surface area contributed by atoms with Crippen molar-refractivity contribution in [2.24, 2.45) is 5.92 Å². The molecule has 1 aromatic carbocycles. The number of hydrogen-bond donors (Lipinski definition) is 0. The van der Waals surface area contributed by atoms with Gasteiger partial charge in [0.1, 0.15) is 0 Å². The molecule has 0 N–H and O–H groups in total. The molecule has 1 unspecified atom stereocenters. The second kappa shape index (κ2) is 10.4. The van der Waals surface area contributed by atoms with Gasteiger partial charge in [0.25, 0.3) is 0 Å². The summed E-state index contributed by atoms with van der Waals surface area (Å²) >= 11 is 0. The summed E-state index contributed by atoms with van der Waals surface area (Å²) in [4.78, 5) is 31.2. The van der Waals surface area contributed by atoms with E-state index in [2.05, 4.69) is 15.1 Å². The number of benzene rings is 1. The fraction of sp³-hybridized carbons (Fsp3) is 0.500. The molecule has 7 nitrogen and oxygen atoms in total. The van der Waals surface area contributed by atoms with E-state index in [1.165, 1.54) is 0 Å². The quantitative estimate of drug-likeness (QED) is 0.685. The fourth-order valence-electron chi connectivity index (χ4n) is 3.69. The summed E-state index contributed by atoms with van der Waals surface area (Å²) in [7, 11) is 0. The van der Waals surface area contributed by atoms with Crippen LogP contribution < -0.4 is 4.90 Å². The molecule has 1 aliphatic heterocycles. The molecule has 1 atom stereocenters. The third kappa shape index (κ3) is 5.60. The van der Waals surface area contributed by atoms with Crippen LogP contribution in [-0.4, -0.2) is 70.6 Å². The summed E-state index contributed by atoms with van der Waals surface area (Å²) in [5.41, 5.74) is 1.89. The highest BCUT2D eigenvalue weighted by Gasteiger charge is 2.28. The van der Waals surface area contributed by atoms with Crippen molar-refractivity contribution in [1.82, 2.24) is 20.0 Å². The van der Waals surface area contributed by atoms with Gasteiger partial charge in [-0.1, -0.05) is 51.1 Å². The van der Waals surface area contributed by atoms with Crippen LogP contribution in [0.5, 0.6) is 0 Å². The minimum absolute atomic E-state index is 0.0134. The van der Waals surface area contributed by atoms with E-state index < -0.39 is 0 Å². The minimum Gasteiger partial charge on any atom is -0.352 e. The summed E-state index contributed by atoms with van der Waals surface area (Å²) in [6.07, 6.45) is 0.831. The van der Waals surface area contributed by atoms with Crippen LogP contribution >= 0.6 is 0 Å². The van der Waals surface area contributed by atoms with E-state index in [1.807, 2.05) is 75.1 Å². The van der Waals surface area contributed by atoms with Crippen LogP contribution in [0.4, 0.5) is 5.82 Å². The van der Waals surface area contributed by atoms with Gasteiger partial charge in [0.2, 0.25) is 11.8 Å². The van der Waals surface area contributed by atoms with Gasteiger partial charge in [-0.2, -0.15) is 0 Å². The van der Waals surface area contributed by atoms with Crippen LogP contribution in [0.3, 0.4) is 0 Å². The second-order valence-electron chi connectivity index (χ2n) is 8.39. The summed E-state index contributed by atoms with van der Waals surface area (Å²) < 4.78 is 0. The van der Waals surface area contributed by atoms with Crippen molar-refractivity contribution in [3.8, 4) is 11.3 Å². The number of piperazine rings is 1. The minimum atomic E-state index is -0.115. The predicted octanol–water partition coefficient (Wildman–Crippen LogP) is 3.08. The van der Waals surface area contributed by atoms with E-state index in [4.69, 9.17) is 0 Å². The lowest BCUT2D eigenvalue weighted by Crippen LogP contribution is -2.53. The number of nitrogens with zero attached hydrogens (tertiary/aromatic N) is 5. The highest BCUT2D eigenvalue weighted by Crippen LogP contribution is 2.19. The normalized spacial score (nSPS) is 15.1. The Hall–Kier alpha value is -2.96. The van der Waals surface area contributed by atoms with Crippen molar-refractivity contribution in [3.05, 3.63) is 42.5 Å². The molecule has 2 heterocycles. The van der Waals surface area contributed by atoms with Gasteiger partial charge >= 0.3 is 0 Å². The molecule has 1 aliphatic rings. The third-order valence-electron chi connectivity index (χ3n) is 5.88. The van der Waals surface area contributed by atoms with E-state index >= 15 is 0 Å². The highest BCUT2D eigenvalue weighted by atomic mass is 16.2. The van der Waals surface area contributed by atoms with Crippen LogP contribution in [0.25, 0.3) is 11.3 Å². The van der Waals surface area contributed by atoms with Gasteiger partial charge in [0.15, 0.2) is 5.82 Å². The Kier molecular flexibility index (Phi) is 7.60.